The molecule has 4 atom stereocenters. The van der Waals surface area contributed by atoms with Crippen LogP contribution in [0.25, 0.3) is 11.2 Å². The zero-order valence-electron chi connectivity index (χ0n) is 22.7. The van der Waals surface area contributed by atoms with Crippen LogP contribution in [0.1, 0.15) is 39.6 Å². The van der Waals surface area contributed by atoms with Crippen LogP contribution in [-0.2, 0) is 13.9 Å². The number of nitrogens with zero attached hydrogens (tertiary/aromatic N) is 4. The summed E-state index contributed by atoms with van der Waals surface area (Å²) < 4.78 is 22.5. The van der Waals surface area contributed by atoms with Crippen LogP contribution in [0.2, 0.25) is 15.0 Å². The van der Waals surface area contributed by atoms with E-state index in [-0.39, 0.29) is 42.0 Å². The Morgan fingerprint density at radius 2 is 1.56 bits per heavy atom. The van der Waals surface area contributed by atoms with Gasteiger partial charge in [-0.2, -0.15) is 0 Å². The molecule has 0 aliphatic carbocycles. The quantitative estimate of drug-likeness (QED) is 0.230. The number of imidazole rings is 1. The second kappa shape index (κ2) is 10.1. The van der Waals surface area contributed by atoms with Gasteiger partial charge in [-0.15, -0.1) is 0 Å². The molecule has 2 aromatic heterocycles. The number of halogens is 1. The first-order chi connectivity index (χ1) is 18.6. The molecule has 0 saturated carbocycles. The molecule has 7 nitrogen and oxygen atoms in total. The molecule has 0 unspecified atom stereocenters. The summed E-state index contributed by atoms with van der Waals surface area (Å²) in [6.07, 6.45) is 3.03. The minimum absolute atomic E-state index is 0.0329. The molecule has 2 aromatic carbocycles. The first-order valence-electron chi connectivity index (χ1n) is 13.2. The van der Waals surface area contributed by atoms with Crippen molar-refractivity contribution in [2.75, 3.05) is 6.61 Å². The molecule has 39 heavy (non-hydrogen) atoms. The maximum atomic E-state index is 7.35. The third kappa shape index (κ3) is 4.68. The molecule has 0 spiro atoms. The summed E-state index contributed by atoms with van der Waals surface area (Å²) >= 11 is 6.60. The van der Waals surface area contributed by atoms with Gasteiger partial charge in [0.25, 0.3) is 0 Å². The van der Waals surface area contributed by atoms with Gasteiger partial charge in [0.2, 0.25) is 0 Å². The monoisotopic (exact) mass is 628 g/mol. The molecule has 0 bridgehead atoms. The molecule has 0 amide bonds. The number of rotatable bonds is 6. The first kappa shape index (κ1) is 27.1. The van der Waals surface area contributed by atoms with E-state index in [1.807, 2.05) is 20.2 Å². The van der Waals surface area contributed by atoms with Crippen LogP contribution in [0.3, 0.4) is 0 Å². The molecule has 0 radical (unpaired) electrons. The van der Waals surface area contributed by atoms with Crippen LogP contribution in [0, 0.1) is 0 Å². The molecule has 2 aliphatic heterocycles. The zero-order valence-corrected chi connectivity index (χ0v) is 26.2. The summed E-state index contributed by atoms with van der Waals surface area (Å²) in [6.45, 7) is 11.5. The van der Waals surface area contributed by atoms with Gasteiger partial charge < -0.3 is 0 Å². The van der Waals surface area contributed by atoms with Crippen molar-refractivity contribution < 1.29 is 13.9 Å². The van der Waals surface area contributed by atoms with E-state index in [1.54, 1.807) is 0 Å². The van der Waals surface area contributed by atoms with Gasteiger partial charge in [-0.3, -0.25) is 0 Å². The SMILES string of the molecule is CC1(C)O[C@@H]2[C@H](O1)[C@@H](CO[Si](c1ccccc1)(c1ccccc1)C(C)(C)C)[Se][C@H]2n1cnc2ncnc(Cl)c21. The summed E-state index contributed by atoms with van der Waals surface area (Å²) in [5.74, 6) is -0.684. The van der Waals surface area contributed by atoms with Gasteiger partial charge in [-0.05, 0) is 0 Å². The summed E-state index contributed by atoms with van der Waals surface area (Å²) in [6, 6.07) is 21.5. The van der Waals surface area contributed by atoms with Gasteiger partial charge >= 0.3 is 242 Å². The molecule has 4 heterocycles. The molecular weight excluding hydrogens is 595 g/mol. The van der Waals surface area contributed by atoms with Crippen molar-refractivity contribution in [3.63, 3.8) is 0 Å². The van der Waals surface area contributed by atoms with Crippen LogP contribution < -0.4 is 10.4 Å². The molecule has 0 N–H and O–H groups in total. The second-order valence-electron chi connectivity index (χ2n) is 11.6. The number of fused-ring (bicyclic) bond motifs is 2. The van der Waals surface area contributed by atoms with Gasteiger partial charge in [0.15, 0.2) is 0 Å². The normalized spacial score (nSPS) is 24.8. The van der Waals surface area contributed by atoms with E-state index < -0.39 is 14.1 Å². The van der Waals surface area contributed by atoms with Crippen LogP contribution >= 0.6 is 11.6 Å². The molecule has 2 fully saturated rings. The Kier molecular flexibility index (Phi) is 6.99. The number of hydrogen-bond donors (Lipinski definition) is 0. The molecular formula is C29H33ClN4O3SeSi. The molecule has 2 saturated heterocycles. The third-order valence-corrected chi connectivity index (χ3v) is 16.1. The number of ether oxygens (including phenoxy) is 2. The van der Waals surface area contributed by atoms with E-state index >= 15 is 0 Å². The second-order valence-corrected chi connectivity index (χ2v) is 19.1. The van der Waals surface area contributed by atoms with Crippen molar-refractivity contribution >= 4 is 56.4 Å². The van der Waals surface area contributed by atoms with E-state index in [0.29, 0.717) is 17.4 Å². The van der Waals surface area contributed by atoms with Gasteiger partial charge in [0.05, 0.1) is 0 Å². The Hall–Kier alpha value is -2.10. The Balaban J connectivity index is 1.38. The Labute approximate surface area is 241 Å². The van der Waals surface area contributed by atoms with Gasteiger partial charge in [-0.25, -0.2) is 0 Å². The van der Waals surface area contributed by atoms with E-state index in [1.165, 1.54) is 16.7 Å². The van der Waals surface area contributed by atoms with Crippen molar-refractivity contribution in [3.8, 4) is 0 Å². The molecule has 204 valence electrons. The van der Waals surface area contributed by atoms with E-state index in [4.69, 9.17) is 25.5 Å². The van der Waals surface area contributed by atoms with Crippen molar-refractivity contribution in [2.45, 2.75) is 67.4 Å². The Bertz CT molecular complexity index is 1420. The number of benzene rings is 2. The molecule has 2 aliphatic rings. The van der Waals surface area contributed by atoms with Crippen molar-refractivity contribution in [2.24, 2.45) is 0 Å². The summed E-state index contributed by atoms with van der Waals surface area (Å²) in [5, 5.41) is 2.85. The topological polar surface area (TPSA) is 71.3 Å². The maximum absolute atomic E-state index is 7.35. The van der Waals surface area contributed by atoms with Crippen molar-refractivity contribution in [1.82, 2.24) is 19.5 Å². The molecule has 6 rings (SSSR count). The average Bonchev–Trinajstić information content (AvgIpc) is 3.56. The number of hydrogen-bond acceptors (Lipinski definition) is 6. The molecule has 4 aromatic rings. The van der Waals surface area contributed by atoms with E-state index in [9.17, 15) is 0 Å². The predicted molar refractivity (Wildman–Crippen MR) is 156 cm³/mol. The van der Waals surface area contributed by atoms with Gasteiger partial charge in [-0.1, -0.05) is 0 Å². The Morgan fingerprint density at radius 3 is 2.18 bits per heavy atom. The third-order valence-electron chi connectivity index (χ3n) is 7.60. The number of aromatic nitrogens is 4. The van der Waals surface area contributed by atoms with Crippen LogP contribution in [-0.4, -0.2) is 67.4 Å². The average molecular weight is 628 g/mol. The predicted octanol–water partition coefficient (Wildman–Crippen LogP) is 4.58. The summed E-state index contributed by atoms with van der Waals surface area (Å²) in [5.41, 5.74) is 1.33. The fraction of sp³-hybridized carbons (Fsp3) is 0.414. The van der Waals surface area contributed by atoms with Crippen LogP contribution in [0.15, 0.2) is 73.3 Å². The van der Waals surface area contributed by atoms with Crippen molar-refractivity contribution in [3.05, 3.63) is 78.5 Å². The Morgan fingerprint density at radius 1 is 0.949 bits per heavy atom. The minimum atomic E-state index is -2.68. The van der Waals surface area contributed by atoms with Gasteiger partial charge in [0.1, 0.15) is 0 Å². The van der Waals surface area contributed by atoms with Crippen molar-refractivity contribution in [1.29, 1.82) is 0 Å². The van der Waals surface area contributed by atoms with E-state index in [2.05, 4.69) is 101 Å². The molecule has 10 heteroatoms. The first-order valence-corrected chi connectivity index (χ1v) is 17.5. The summed E-state index contributed by atoms with van der Waals surface area (Å²) in [7, 11) is -2.68. The summed E-state index contributed by atoms with van der Waals surface area (Å²) in [4.78, 5) is 13.3. The van der Waals surface area contributed by atoms with Gasteiger partial charge in [0, 0.05) is 0 Å². The van der Waals surface area contributed by atoms with E-state index in [0.717, 1.165) is 5.52 Å². The van der Waals surface area contributed by atoms with Crippen LogP contribution in [0.4, 0.5) is 0 Å². The standard InChI is InChI=1S/C29H33ClN4O3SeSi/c1-28(2,3)39(19-12-8-6-9-13-19,20-14-10-7-11-15-20)35-16-21-23-24(37-29(4,5)36-23)27(38-21)34-18-33-26-22(34)25(30)31-17-32-26/h6-15,17-18,21,23-24,27H,16H2,1-5H3/t21-,23-,24-,27-/m1/s1. The fourth-order valence-electron chi connectivity index (χ4n) is 6.02. The van der Waals surface area contributed by atoms with Crippen LogP contribution in [0.5, 0.6) is 0 Å². The zero-order chi connectivity index (χ0) is 27.4. The fourth-order valence-corrected chi connectivity index (χ4v) is 14.3.